The smallest absolute Gasteiger partial charge is 0.326 e. The molecule has 1 saturated carbocycles. The van der Waals surface area contributed by atoms with Crippen molar-refractivity contribution in [2.45, 2.75) is 58.0 Å². The highest BCUT2D eigenvalue weighted by Gasteiger charge is 2.34. The van der Waals surface area contributed by atoms with Gasteiger partial charge >= 0.3 is 12.0 Å². The van der Waals surface area contributed by atoms with Crippen molar-refractivity contribution < 1.29 is 14.7 Å². The molecule has 0 aromatic carbocycles. The van der Waals surface area contributed by atoms with Crippen LogP contribution in [0.25, 0.3) is 0 Å². The summed E-state index contributed by atoms with van der Waals surface area (Å²) < 4.78 is 0. The highest BCUT2D eigenvalue weighted by molar-refractivity contribution is 5.82. The SMILES string of the molecule is CCN(C)C(=O)N(C1CCCCC1)C(C)C(=O)O.CNC. The van der Waals surface area contributed by atoms with Crippen LogP contribution < -0.4 is 5.32 Å². The molecule has 0 saturated heterocycles. The van der Waals surface area contributed by atoms with Gasteiger partial charge in [0, 0.05) is 19.6 Å². The van der Waals surface area contributed by atoms with Crippen LogP contribution in [0.5, 0.6) is 0 Å². The molecule has 0 bridgehead atoms. The highest BCUT2D eigenvalue weighted by atomic mass is 16.4. The van der Waals surface area contributed by atoms with Gasteiger partial charge in [-0.25, -0.2) is 9.59 Å². The zero-order valence-electron chi connectivity index (χ0n) is 14.1. The Morgan fingerprint density at radius 3 is 2.10 bits per heavy atom. The summed E-state index contributed by atoms with van der Waals surface area (Å²) in [5, 5.41) is 11.9. The van der Waals surface area contributed by atoms with E-state index in [1.165, 1.54) is 6.42 Å². The van der Waals surface area contributed by atoms with Gasteiger partial charge in [-0.05, 0) is 40.8 Å². The van der Waals surface area contributed by atoms with E-state index >= 15 is 0 Å². The zero-order valence-corrected chi connectivity index (χ0v) is 14.1. The largest absolute Gasteiger partial charge is 0.480 e. The van der Waals surface area contributed by atoms with Crippen LogP contribution in [0.2, 0.25) is 0 Å². The predicted octanol–water partition coefficient (Wildman–Crippen LogP) is 2.00. The van der Waals surface area contributed by atoms with Gasteiger partial charge in [0.2, 0.25) is 0 Å². The highest BCUT2D eigenvalue weighted by Crippen LogP contribution is 2.25. The molecule has 1 unspecified atom stereocenters. The van der Waals surface area contributed by atoms with Crippen LogP contribution in [0.15, 0.2) is 0 Å². The first kappa shape index (κ1) is 19.7. The monoisotopic (exact) mass is 301 g/mol. The lowest BCUT2D eigenvalue weighted by atomic mass is 9.93. The standard InChI is InChI=1S/C13H24N2O3.C2H7N/c1-4-14(3)13(18)15(10(2)12(16)17)11-8-6-5-7-9-11;1-3-2/h10-11H,4-9H2,1-3H3,(H,16,17);3H,1-2H3. The Labute approximate surface area is 128 Å². The second-order valence-electron chi connectivity index (χ2n) is 5.51. The Morgan fingerprint density at radius 1 is 1.24 bits per heavy atom. The Kier molecular flexibility index (Phi) is 9.78. The van der Waals surface area contributed by atoms with Gasteiger partial charge in [0.1, 0.15) is 6.04 Å². The molecule has 0 aromatic rings. The maximum atomic E-state index is 12.3. The summed E-state index contributed by atoms with van der Waals surface area (Å²) in [6.07, 6.45) is 5.18. The van der Waals surface area contributed by atoms with Gasteiger partial charge < -0.3 is 20.2 Å². The van der Waals surface area contributed by atoms with Gasteiger partial charge in [0.15, 0.2) is 0 Å². The van der Waals surface area contributed by atoms with Crippen molar-refractivity contribution in [3.63, 3.8) is 0 Å². The number of hydrogen-bond donors (Lipinski definition) is 2. The molecule has 0 aromatic heterocycles. The number of amides is 2. The molecule has 1 atom stereocenters. The number of nitrogens with zero attached hydrogens (tertiary/aromatic N) is 2. The van der Waals surface area contributed by atoms with E-state index in [9.17, 15) is 14.7 Å². The lowest BCUT2D eigenvalue weighted by Crippen LogP contribution is -2.54. The van der Waals surface area contributed by atoms with Crippen molar-refractivity contribution in [1.29, 1.82) is 0 Å². The molecule has 21 heavy (non-hydrogen) atoms. The molecule has 0 aliphatic heterocycles. The van der Waals surface area contributed by atoms with E-state index in [2.05, 4.69) is 5.32 Å². The van der Waals surface area contributed by atoms with Crippen LogP contribution in [0, 0.1) is 0 Å². The molecule has 0 heterocycles. The molecule has 1 aliphatic rings. The number of carbonyl (C=O) groups excluding carboxylic acids is 1. The van der Waals surface area contributed by atoms with Crippen LogP contribution in [-0.2, 0) is 4.79 Å². The fraction of sp³-hybridized carbons (Fsp3) is 0.867. The van der Waals surface area contributed by atoms with Crippen molar-refractivity contribution in [3.8, 4) is 0 Å². The third-order valence-electron chi connectivity index (χ3n) is 3.76. The molecule has 124 valence electrons. The molecule has 6 nitrogen and oxygen atoms in total. The van der Waals surface area contributed by atoms with Crippen molar-refractivity contribution >= 4 is 12.0 Å². The Morgan fingerprint density at radius 2 is 1.71 bits per heavy atom. The van der Waals surface area contributed by atoms with Gasteiger partial charge in [0.25, 0.3) is 0 Å². The van der Waals surface area contributed by atoms with Gasteiger partial charge in [-0.3, -0.25) is 0 Å². The summed E-state index contributed by atoms with van der Waals surface area (Å²) >= 11 is 0. The van der Waals surface area contributed by atoms with Crippen LogP contribution in [0.3, 0.4) is 0 Å². The lowest BCUT2D eigenvalue weighted by molar-refractivity contribution is -0.142. The number of nitrogens with one attached hydrogen (secondary N) is 1. The van der Waals surface area contributed by atoms with E-state index in [4.69, 9.17) is 0 Å². The van der Waals surface area contributed by atoms with Crippen molar-refractivity contribution in [2.75, 3.05) is 27.7 Å². The number of hydrogen-bond acceptors (Lipinski definition) is 3. The van der Waals surface area contributed by atoms with E-state index < -0.39 is 12.0 Å². The van der Waals surface area contributed by atoms with E-state index in [1.54, 1.807) is 23.8 Å². The third kappa shape index (κ3) is 6.33. The average molecular weight is 301 g/mol. The molecule has 2 N–H and O–H groups in total. The van der Waals surface area contributed by atoms with Crippen molar-refractivity contribution in [2.24, 2.45) is 0 Å². The molecule has 1 aliphatic carbocycles. The molecular formula is C15H31N3O3. The number of carbonyl (C=O) groups is 2. The third-order valence-corrected chi connectivity index (χ3v) is 3.76. The van der Waals surface area contributed by atoms with Crippen molar-refractivity contribution in [3.05, 3.63) is 0 Å². The van der Waals surface area contributed by atoms with Gasteiger partial charge in [-0.1, -0.05) is 19.3 Å². The maximum absolute atomic E-state index is 12.3. The van der Waals surface area contributed by atoms with Crippen LogP contribution in [0.1, 0.15) is 46.0 Å². The number of urea groups is 1. The Hall–Kier alpha value is -1.30. The minimum atomic E-state index is -0.932. The van der Waals surface area contributed by atoms with Crippen LogP contribution in [0.4, 0.5) is 4.79 Å². The summed E-state index contributed by atoms with van der Waals surface area (Å²) in [5.41, 5.74) is 0. The lowest BCUT2D eigenvalue weighted by Gasteiger charge is -2.38. The maximum Gasteiger partial charge on any atom is 0.326 e. The summed E-state index contributed by atoms with van der Waals surface area (Å²) in [4.78, 5) is 26.6. The van der Waals surface area contributed by atoms with E-state index in [1.807, 2.05) is 21.0 Å². The molecule has 2 amide bonds. The number of aliphatic carboxylic acids is 1. The zero-order chi connectivity index (χ0) is 16.4. The molecule has 1 fully saturated rings. The van der Waals surface area contributed by atoms with Crippen LogP contribution in [-0.4, -0.2) is 66.7 Å². The van der Waals surface area contributed by atoms with E-state index in [0.29, 0.717) is 6.54 Å². The number of carboxylic acids is 1. The van der Waals surface area contributed by atoms with Crippen molar-refractivity contribution in [1.82, 2.24) is 15.1 Å². The van der Waals surface area contributed by atoms with Gasteiger partial charge in [0.05, 0.1) is 0 Å². The Bertz CT molecular complexity index is 317. The van der Waals surface area contributed by atoms with Gasteiger partial charge in [-0.2, -0.15) is 0 Å². The first-order valence-corrected chi connectivity index (χ1v) is 7.75. The van der Waals surface area contributed by atoms with Crippen LogP contribution >= 0.6 is 0 Å². The summed E-state index contributed by atoms with van der Waals surface area (Å²) in [5.74, 6) is -0.932. The van der Waals surface area contributed by atoms with E-state index in [-0.39, 0.29) is 12.1 Å². The van der Waals surface area contributed by atoms with Gasteiger partial charge in [-0.15, -0.1) is 0 Å². The normalized spacial score (nSPS) is 16.4. The van der Waals surface area contributed by atoms with E-state index in [0.717, 1.165) is 25.7 Å². The molecule has 0 radical (unpaired) electrons. The first-order chi connectivity index (χ1) is 9.90. The minimum absolute atomic E-state index is 0.0753. The topological polar surface area (TPSA) is 72.9 Å². The summed E-state index contributed by atoms with van der Waals surface area (Å²) in [6, 6.07) is -0.847. The molecule has 1 rings (SSSR count). The quantitative estimate of drug-likeness (QED) is 0.833. The average Bonchev–Trinajstić information content (AvgIpc) is 2.48. The summed E-state index contributed by atoms with van der Waals surface area (Å²) in [6.45, 7) is 4.08. The second kappa shape index (κ2) is 10.4. The molecule has 6 heteroatoms. The molecule has 0 spiro atoms. The number of carboxylic acid groups (broad SMARTS) is 1. The Balaban J connectivity index is 0.00000122. The predicted molar refractivity (Wildman–Crippen MR) is 84.5 cm³/mol. The minimum Gasteiger partial charge on any atom is -0.480 e. The second-order valence-corrected chi connectivity index (χ2v) is 5.51. The fourth-order valence-corrected chi connectivity index (χ4v) is 2.45. The molecular weight excluding hydrogens is 270 g/mol. The summed E-state index contributed by atoms with van der Waals surface area (Å²) in [7, 11) is 5.47. The first-order valence-electron chi connectivity index (χ1n) is 7.75. The fourth-order valence-electron chi connectivity index (χ4n) is 2.45. The number of rotatable bonds is 4.